The number of nitrogens with zero attached hydrogens (tertiary/aromatic N) is 2. The van der Waals surface area contributed by atoms with Gasteiger partial charge in [0.15, 0.2) is 0 Å². The lowest BCUT2D eigenvalue weighted by Gasteiger charge is -2.08. The number of hydrogen-bond donors (Lipinski definition) is 2. The van der Waals surface area contributed by atoms with Crippen LogP contribution >= 0.6 is 11.3 Å². The fourth-order valence-corrected chi connectivity index (χ4v) is 3.00. The van der Waals surface area contributed by atoms with E-state index in [4.69, 9.17) is 4.74 Å². The molecule has 3 rings (SSSR count). The first-order valence-electron chi connectivity index (χ1n) is 7.50. The molecule has 0 saturated carbocycles. The van der Waals surface area contributed by atoms with Gasteiger partial charge in [-0.2, -0.15) is 0 Å². The summed E-state index contributed by atoms with van der Waals surface area (Å²) in [5.41, 5.74) is 8.38. The van der Waals surface area contributed by atoms with E-state index in [9.17, 15) is 0 Å². The van der Waals surface area contributed by atoms with Crippen molar-refractivity contribution in [3.63, 3.8) is 0 Å². The number of amidine groups is 1. The van der Waals surface area contributed by atoms with Gasteiger partial charge in [0.1, 0.15) is 11.6 Å². The Balaban J connectivity index is 0.00000192. The quantitative estimate of drug-likeness (QED) is 0.748. The second kappa shape index (κ2) is 8.88. The molecule has 0 radical (unpaired) electrons. The van der Waals surface area contributed by atoms with Crippen LogP contribution in [0.15, 0.2) is 34.6 Å². The van der Waals surface area contributed by atoms with Crippen molar-refractivity contribution < 1.29 is 21.7 Å². The maximum Gasteiger partial charge on any atom is 0.202 e. The number of ether oxygens (including phenoxy) is 1. The topological polar surface area (TPSA) is 58.5 Å². The average molecular weight is 396 g/mol. The number of hydrogen-bond acceptors (Lipinski definition) is 6. The molecular weight excluding hydrogens is 376 g/mol. The third-order valence-corrected chi connectivity index (χ3v) is 4.34. The number of thiazole rings is 1. The smallest absolute Gasteiger partial charge is 0.202 e. The van der Waals surface area contributed by atoms with Crippen LogP contribution in [0, 0.1) is 0 Å². The Morgan fingerprint density at radius 1 is 1.09 bits per heavy atom. The lowest BCUT2D eigenvalue weighted by Crippen LogP contribution is -3.00. The normalized spacial score (nSPS) is 14.2. The van der Waals surface area contributed by atoms with Gasteiger partial charge in [-0.3, -0.25) is 15.8 Å². The monoisotopic (exact) mass is 395 g/mol. The Morgan fingerprint density at radius 3 is 2.70 bits per heavy atom. The molecule has 5 nitrogen and oxygen atoms in total. The Morgan fingerprint density at radius 2 is 1.91 bits per heavy atom. The van der Waals surface area contributed by atoms with Crippen LogP contribution in [0.5, 0.6) is 5.75 Å². The number of benzene rings is 1. The number of hydrazine groups is 1. The summed E-state index contributed by atoms with van der Waals surface area (Å²) in [7, 11) is 1.67. The minimum absolute atomic E-state index is 0. The average Bonchev–Trinajstić information content (AvgIpc) is 2.88. The third kappa shape index (κ3) is 4.94. The molecule has 7 heteroatoms. The number of anilines is 1. The van der Waals surface area contributed by atoms with Crippen LogP contribution in [0.4, 0.5) is 5.13 Å². The summed E-state index contributed by atoms with van der Waals surface area (Å²) >= 11 is 1.58. The van der Waals surface area contributed by atoms with Gasteiger partial charge in [0.05, 0.1) is 12.8 Å². The first-order valence-corrected chi connectivity index (χ1v) is 8.38. The summed E-state index contributed by atoms with van der Waals surface area (Å²) in [5.74, 6) is 1.88. The molecule has 0 spiro atoms. The Hall–Kier alpha value is -1.60. The van der Waals surface area contributed by atoms with Crippen LogP contribution in [0.3, 0.4) is 0 Å². The maximum absolute atomic E-state index is 5.17. The Kier molecular flexibility index (Phi) is 6.85. The van der Waals surface area contributed by atoms with Gasteiger partial charge in [0.25, 0.3) is 0 Å². The van der Waals surface area contributed by atoms with Gasteiger partial charge in [-0.05, 0) is 37.1 Å². The van der Waals surface area contributed by atoms with E-state index in [1.807, 2.05) is 29.6 Å². The predicted octanol–water partition coefficient (Wildman–Crippen LogP) is 0.712. The number of methoxy groups -OCH3 is 1. The fraction of sp³-hybridized carbons (Fsp3) is 0.375. The summed E-state index contributed by atoms with van der Waals surface area (Å²) in [4.78, 5) is 9.12. The summed E-state index contributed by atoms with van der Waals surface area (Å²) < 4.78 is 5.17. The Labute approximate surface area is 150 Å². The minimum Gasteiger partial charge on any atom is -1.00 e. The van der Waals surface area contributed by atoms with Gasteiger partial charge < -0.3 is 21.7 Å². The minimum atomic E-state index is 0. The van der Waals surface area contributed by atoms with E-state index < -0.39 is 0 Å². The largest absolute Gasteiger partial charge is 1.00 e. The second-order valence-electron chi connectivity index (χ2n) is 5.16. The highest BCUT2D eigenvalue weighted by molar-refractivity contribution is 7.14. The fourth-order valence-electron chi connectivity index (χ4n) is 2.33. The van der Waals surface area contributed by atoms with Crippen LogP contribution in [-0.2, 0) is 0 Å². The zero-order valence-electron chi connectivity index (χ0n) is 13.0. The zero-order chi connectivity index (χ0) is 15.2. The second-order valence-corrected chi connectivity index (χ2v) is 6.01. The molecule has 0 unspecified atom stereocenters. The van der Waals surface area contributed by atoms with Gasteiger partial charge in [0, 0.05) is 23.9 Å². The van der Waals surface area contributed by atoms with Crippen molar-refractivity contribution in [2.75, 3.05) is 19.1 Å². The molecule has 2 aromatic rings. The van der Waals surface area contributed by atoms with E-state index in [0.717, 1.165) is 40.9 Å². The SMILES string of the molecule is COc1ccc(-c2csc(NNC3=NCCCCC3)n2)cc1.[Br-]. The molecule has 0 amide bonds. The van der Waals surface area contributed by atoms with E-state index in [1.54, 1.807) is 18.4 Å². The van der Waals surface area contributed by atoms with E-state index in [1.165, 1.54) is 19.3 Å². The molecule has 0 aliphatic carbocycles. The molecule has 124 valence electrons. The highest BCUT2D eigenvalue weighted by atomic mass is 79.9. The van der Waals surface area contributed by atoms with Gasteiger partial charge in [-0.15, -0.1) is 11.3 Å². The highest BCUT2D eigenvalue weighted by Crippen LogP contribution is 2.26. The lowest BCUT2D eigenvalue weighted by molar-refractivity contribution is -0.00000487. The van der Waals surface area contributed by atoms with E-state index >= 15 is 0 Å². The summed E-state index contributed by atoms with van der Waals surface area (Å²) in [5, 5.41) is 2.89. The number of halogens is 1. The molecule has 1 aromatic heterocycles. The predicted molar refractivity (Wildman–Crippen MR) is 91.6 cm³/mol. The lowest BCUT2D eigenvalue weighted by atomic mass is 10.2. The molecule has 23 heavy (non-hydrogen) atoms. The van der Waals surface area contributed by atoms with Crippen LogP contribution in [0.1, 0.15) is 25.7 Å². The zero-order valence-corrected chi connectivity index (χ0v) is 15.4. The molecule has 2 heterocycles. The Bertz CT molecular complexity index is 642. The highest BCUT2D eigenvalue weighted by Gasteiger charge is 2.07. The molecule has 0 atom stereocenters. The van der Waals surface area contributed by atoms with Crippen LogP contribution in [-0.4, -0.2) is 24.5 Å². The molecule has 1 aliphatic heterocycles. The van der Waals surface area contributed by atoms with Crippen molar-refractivity contribution in [1.29, 1.82) is 0 Å². The van der Waals surface area contributed by atoms with Gasteiger partial charge in [-0.1, -0.05) is 6.42 Å². The molecule has 0 bridgehead atoms. The molecule has 1 aromatic carbocycles. The van der Waals surface area contributed by atoms with Crippen LogP contribution in [0.2, 0.25) is 0 Å². The van der Waals surface area contributed by atoms with Gasteiger partial charge in [-0.25, -0.2) is 4.98 Å². The molecule has 2 N–H and O–H groups in total. The van der Waals surface area contributed by atoms with Crippen molar-refractivity contribution in [1.82, 2.24) is 10.4 Å². The summed E-state index contributed by atoms with van der Waals surface area (Å²) in [6, 6.07) is 7.92. The van der Waals surface area contributed by atoms with Crippen LogP contribution in [0.25, 0.3) is 11.3 Å². The van der Waals surface area contributed by atoms with Crippen molar-refractivity contribution >= 4 is 22.3 Å². The summed E-state index contributed by atoms with van der Waals surface area (Å²) in [6.07, 6.45) is 4.64. The van der Waals surface area contributed by atoms with Crippen molar-refractivity contribution in [3.05, 3.63) is 29.6 Å². The molecule has 0 saturated heterocycles. The van der Waals surface area contributed by atoms with Crippen molar-refractivity contribution in [3.8, 4) is 17.0 Å². The van der Waals surface area contributed by atoms with Crippen molar-refractivity contribution in [2.24, 2.45) is 4.99 Å². The van der Waals surface area contributed by atoms with Crippen molar-refractivity contribution in [2.45, 2.75) is 25.7 Å². The number of nitrogens with one attached hydrogen (secondary N) is 2. The number of rotatable bonds is 4. The number of aliphatic imine (C=N–C) groups is 1. The standard InChI is InChI=1S/C16H20N4OS.BrH/c1-21-13-8-6-12(7-9-13)14-11-22-16(18-14)20-19-15-5-3-2-4-10-17-15;/h6-9,11H,2-5,10H2,1H3,(H,17,19)(H,18,20);1H/p-1. The maximum atomic E-state index is 5.17. The summed E-state index contributed by atoms with van der Waals surface area (Å²) in [6.45, 7) is 0.916. The first kappa shape index (κ1) is 17.7. The molecule has 0 fully saturated rings. The van der Waals surface area contributed by atoms with Crippen LogP contribution < -0.4 is 32.6 Å². The first-order chi connectivity index (χ1) is 10.8. The van der Waals surface area contributed by atoms with Gasteiger partial charge >= 0.3 is 0 Å². The third-order valence-electron chi connectivity index (χ3n) is 3.58. The molecule has 1 aliphatic rings. The van der Waals surface area contributed by atoms with E-state index in [0.29, 0.717) is 0 Å². The van der Waals surface area contributed by atoms with Gasteiger partial charge in [0.2, 0.25) is 5.13 Å². The molecular formula is C16H20BrN4OS-. The van der Waals surface area contributed by atoms with E-state index in [-0.39, 0.29) is 17.0 Å². The number of aromatic nitrogens is 1. The van der Waals surface area contributed by atoms with E-state index in [2.05, 4.69) is 20.8 Å².